The third-order valence-electron chi connectivity index (χ3n) is 2.52. The number of carboxylic acids is 2. The largest absolute Gasteiger partial charge is 0.550 e. The summed E-state index contributed by atoms with van der Waals surface area (Å²) < 4.78 is 25.9. The molecule has 0 aliphatic heterocycles. The molecule has 0 heterocycles. The number of carbonyl (C=O) groups is 2. The number of hydrogen-bond donors (Lipinski definition) is 1. The number of sulfonamides is 1. The summed E-state index contributed by atoms with van der Waals surface area (Å²) in [7, 11) is -4.06. The Hall–Kier alpha value is -1.93. The molecule has 7 nitrogen and oxygen atoms in total. The number of aryl methyl sites for hydroxylation is 1. The van der Waals surface area contributed by atoms with Gasteiger partial charge in [-0.15, -0.1) is 0 Å². The molecule has 1 rings (SSSR count). The van der Waals surface area contributed by atoms with Gasteiger partial charge < -0.3 is 19.8 Å². The molecule has 0 fully saturated rings. The Balaban J connectivity index is 2.91. The summed E-state index contributed by atoms with van der Waals surface area (Å²) >= 11 is 0. The quantitative estimate of drug-likeness (QED) is 0.616. The molecular weight excluding hydrogens is 286 g/mol. The van der Waals surface area contributed by atoms with E-state index in [9.17, 15) is 28.2 Å². The van der Waals surface area contributed by atoms with E-state index in [4.69, 9.17) is 0 Å². The summed E-state index contributed by atoms with van der Waals surface area (Å²) in [5.41, 5.74) is 0.688. The van der Waals surface area contributed by atoms with Gasteiger partial charge in [0.05, 0.1) is 16.9 Å². The van der Waals surface area contributed by atoms with Crippen LogP contribution in [0.2, 0.25) is 0 Å². The third kappa shape index (κ3) is 4.63. The van der Waals surface area contributed by atoms with Gasteiger partial charge in [-0.25, -0.2) is 13.1 Å². The first-order valence-electron chi connectivity index (χ1n) is 5.72. The average Bonchev–Trinajstić information content (AvgIpc) is 2.34. The fourth-order valence-electron chi connectivity index (χ4n) is 1.52. The van der Waals surface area contributed by atoms with Crippen molar-refractivity contribution in [2.45, 2.75) is 30.7 Å². The van der Waals surface area contributed by atoms with E-state index in [1.165, 1.54) is 18.2 Å². The Bertz CT molecular complexity index is 610. The molecule has 0 spiro atoms. The van der Waals surface area contributed by atoms with Crippen LogP contribution in [0.3, 0.4) is 0 Å². The number of nitrogens with one attached hydrogen (secondary N) is 1. The molecule has 0 aliphatic rings. The minimum absolute atomic E-state index is 0.0998. The van der Waals surface area contributed by atoms with Crippen molar-refractivity contribution in [2.24, 2.45) is 0 Å². The van der Waals surface area contributed by atoms with Crippen molar-refractivity contribution in [3.63, 3.8) is 0 Å². The van der Waals surface area contributed by atoms with E-state index in [0.717, 1.165) is 0 Å². The van der Waals surface area contributed by atoms with Crippen molar-refractivity contribution >= 4 is 22.0 Å². The second-order valence-corrected chi connectivity index (χ2v) is 5.93. The maximum Gasteiger partial charge on any atom is 0.241 e. The van der Waals surface area contributed by atoms with Gasteiger partial charge in [0.1, 0.15) is 0 Å². The topological polar surface area (TPSA) is 126 Å². The lowest BCUT2D eigenvalue weighted by Gasteiger charge is -2.20. The number of rotatable bonds is 7. The van der Waals surface area contributed by atoms with Gasteiger partial charge in [0.15, 0.2) is 0 Å². The fraction of sp³-hybridized carbons (Fsp3) is 0.333. The highest BCUT2D eigenvalue weighted by Crippen LogP contribution is 2.12. The molecule has 0 saturated carbocycles. The van der Waals surface area contributed by atoms with E-state index in [1.807, 2.05) is 4.72 Å². The Morgan fingerprint density at radius 1 is 1.30 bits per heavy atom. The van der Waals surface area contributed by atoms with Crippen molar-refractivity contribution in [1.29, 1.82) is 0 Å². The molecule has 1 aromatic rings. The zero-order chi connectivity index (χ0) is 15.3. The second-order valence-electron chi connectivity index (χ2n) is 4.22. The monoisotopic (exact) mass is 299 g/mol. The van der Waals surface area contributed by atoms with Crippen LogP contribution in [0.4, 0.5) is 0 Å². The summed E-state index contributed by atoms with van der Waals surface area (Å²) in [4.78, 5) is 21.0. The summed E-state index contributed by atoms with van der Waals surface area (Å²) in [6, 6.07) is 4.25. The molecule has 1 aromatic carbocycles. The summed E-state index contributed by atoms with van der Waals surface area (Å²) in [6.07, 6.45) is -1.04. The summed E-state index contributed by atoms with van der Waals surface area (Å²) in [5, 5.41) is 21.1. The molecule has 0 radical (unpaired) electrons. The van der Waals surface area contributed by atoms with Crippen LogP contribution in [0.15, 0.2) is 29.2 Å². The molecule has 0 aliphatic carbocycles. The predicted molar refractivity (Wildman–Crippen MR) is 64.5 cm³/mol. The first-order chi connectivity index (χ1) is 9.22. The number of aliphatic carboxylic acids is 2. The SMILES string of the molecule is Cc1cccc(S(=O)(=O)N[C@H](CCC(=O)[O-])C(=O)[O-])c1. The van der Waals surface area contributed by atoms with Crippen LogP contribution in [-0.2, 0) is 19.6 Å². The van der Waals surface area contributed by atoms with E-state index < -0.39 is 40.8 Å². The molecule has 0 bridgehead atoms. The van der Waals surface area contributed by atoms with Crippen LogP contribution in [-0.4, -0.2) is 26.4 Å². The lowest BCUT2D eigenvalue weighted by Crippen LogP contribution is -2.48. The van der Waals surface area contributed by atoms with E-state index in [2.05, 4.69) is 0 Å². The number of benzene rings is 1. The molecule has 0 aromatic heterocycles. The van der Waals surface area contributed by atoms with Crippen LogP contribution < -0.4 is 14.9 Å². The minimum atomic E-state index is -4.06. The highest BCUT2D eigenvalue weighted by molar-refractivity contribution is 7.89. The zero-order valence-electron chi connectivity index (χ0n) is 10.7. The highest BCUT2D eigenvalue weighted by Gasteiger charge is 2.20. The van der Waals surface area contributed by atoms with Crippen molar-refractivity contribution < 1.29 is 28.2 Å². The van der Waals surface area contributed by atoms with E-state index >= 15 is 0 Å². The molecule has 0 saturated heterocycles. The molecule has 8 heteroatoms. The molecular formula is C12H13NO6S-2. The molecule has 1 atom stereocenters. The maximum atomic E-state index is 12.0. The molecule has 20 heavy (non-hydrogen) atoms. The van der Waals surface area contributed by atoms with Crippen LogP contribution in [0, 0.1) is 6.92 Å². The van der Waals surface area contributed by atoms with Crippen molar-refractivity contribution in [1.82, 2.24) is 4.72 Å². The Kier molecular flexibility index (Phi) is 5.23. The molecule has 110 valence electrons. The molecule has 0 unspecified atom stereocenters. The van der Waals surface area contributed by atoms with Gasteiger partial charge in [-0.05, 0) is 37.5 Å². The van der Waals surface area contributed by atoms with Gasteiger partial charge >= 0.3 is 0 Å². The Labute approximate surface area is 116 Å². The van der Waals surface area contributed by atoms with Gasteiger partial charge in [-0.1, -0.05) is 12.1 Å². The molecule has 1 N–H and O–H groups in total. The number of carbonyl (C=O) groups excluding carboxylic acids is 2. The van der Waals surface area contributed by atoms with E-state index in [1.54, 1.807) is 13.0 Å². The molecule has 0 amide bonds. The van der Waals surface area contributed by atoms with Crippen LogP contribution in [0.1, 0.15) is 18.4 Å². The van der Waals surface area contributed by atoms with E-state index in [0.29, 0.717) is 5.56 Å². The van der Waals surface area contributed by atoms with Gasteiger partial charge in [-0.3, -0.25) is 0 Å². The van der Waals surface area contributed by atoms with Crippen LogP contribution in [0.25, 0.3) is 0 Å². The lowest BCUT2D eigenvalue weighted by atomic mass is 10.2. The van der Waals surface area contributed by atoms with Gasteiger partial charge in [-0.2, -0.15) is 0 Å². The van der Waals surface area contributed by atoms with Gasteiger partial charge in [0.25, 0.3) is 0 Å². The van der Waals surface area contributed by atoms with E-state index in [-0.39, 0.29) is 4.90 Å². The first-order valence-corrected chi connectivity index (χ1v) is 7.20. The maximum absolute atomic E-state index is 12.0. The third-order valence-corrected chi connectivity index (χ3v) is 3.99. The zero-order valence-corrected chi connectivity index (χ0v) is 11.5. The smallest absolute Gasteiger partial charge is 0.241 e. The van der Waals surface area contributed by atoms with Crippen LogP contribution in [0.5, 0.6) is 0 Å². The normalized spacial score (nSPS) is 12.8. The minimum Gasteiger partial charge on any atom is -0.550 e. The number of hydrogen-bond acceptors (Lipinski definition) is 6. The van der Waals surface area contributed by atoms with Gasteiger partial charge in [0.2, 0.25) is 10.0 Å². The number of carboxylic acid groups (broad SMARTS) is 2. The average molecular weight is 299 g/mol. The standard InChI is InChI=1S/C12H15NO6S/c1-8-3-2-4-9(7-8)20(18,19)13-10(12(16)17)5-6-11(14)15/h2-4,7,10,13H,5-6H2,1H3,(H,14,15)(H,16,17)/p-2/t10-/m1/s1. The van der Waals surface area contributed by atoms with Crippen molar-refractivity contribution in [2.75, 3.05) is 0 Å². The lowest BCUT2D eigenvalue weighted by molar-refractivity contribution is -0.309. The highest BCUT2D eigenvalue weighted by atomic mass is 32.2. The van der Waals surface area contributed by atoms with Gasteiger partial charge in [0, 0.05) is 5.97 Å². The summed E-state index contributed by atoms with van der Waals surface area (Å²) in [6.45, 7) is 1.69. The Morgan fingerprint density at radius 3 is 2.45 bits per heavy atom. The fourth-order valence-corrected chi connectivity index (χ4v) is 2.85. The van der Waals surface area contributed by atoms with Crippen molar-refractivity contribution in [3.8, 4) is 0 Å². The predicted octanol–water partition coefficient (Wildman–Crippen LogP) is -2.08. The summed E-state index contributed by atoms with van der Waals surface area (Å²) in [5.74, 6) is -3.16. The van der Waals surface area contributed by atoms with Crippen LogP contribution >= 0.6 is 0 Å². The second kappa shape index (κ2) is 6.49. The van der Waals surface area contributed by atoms with Crippen molar-refractivity contribution in [3.05, 3.63) is 29.8 Å². The first kappa shape index (κ1) is 16.1. The Morgan fingerprint density at radius 2 is 1.95 bits per heavy atom.